The summed E-state index contributed by atoms with van der Waals surface area (Å²) in [6, 6.07) is 0. The van der Waals surface area contributed by atoms with Crippen LogP contribution in [0.5, 0.6) is 0 Å². The molecule has 0 heterocycles. The summed E-state index contributed by atoms with van der Waals surface area (Å²) in [5.41, 5.74) is 0. The van der Waals surface area contributed by atoms with E-state index in [-0.39, 0.29) is 41.7 Å². The molecule has 0 aliphatic rings. The summed E-state index contributed by atoms with van der Waals surface area (Å²) in [5, 5.41) is 48.8. The van der Waals surface area contributed by atoms with E-state index >= 15 is 0 Å². The van der Waals surface area contributed by atoms with Gasteiger partial charge in [0.05, 0.1) is 26.4 Å². The third-order valence-corrected chi connectivity index (χ3v) is 4.47. The molecular formula is C21H32CeF18O9. The Labute approximate surface area is 298 Å². The van der Waals surface area contributed by atoms with Gasteiger partial charge in [-0.2, -0.15) is 79.0 Å². The van der Waals surface area contributed by atoms with Gasteiger partial charge < -0.3 is 44.8 Å². The zero-order valence-corrected chi connectivity index (χ0v) is 27.8. The molecule has 28 heteroatoms. The Hall–Kier alpha value is -0.243. The average Bonchev–Trinajstić information content (AvgIpc) is 2.86. The van der Waals surface area contributed by atoms with Crippen LogP contribution < -0.4 is 0 Å². The van der Waals surface area contributed by atoms with Gasteiger partial charge in [-0.25, -0.2) is 0 Å². The van der Waals surface area contributed by atoms with Crippen LogP contribution in [0, 0.1) is 41.7 Å². The number of halogens is 18. The minimum atomic E-state index is -5.15. The van der Waals surface area contributed by atoms with Gasteiger partial charge in [0.1, 0.15) is 0 Å². The summed E-state index contributed by atoms with van der Waals surface area (Å²) in [6.07, 6.45) is -55.3. The van der Waals surface area contributed by atoms with Crippen LogP contribution in [0.15, 0.2) is 0 Å². The molecule has 0 spiro atoms. The fourth-order valence-electron chi connectivity index (χ4n) is 1.82. The van der Waals surface area contributed by atoms with Crippen LogP contribution >= 0.6 is 0 Å². The molecule has 0 aliphatic carbocycles. The molecule has 0 fully saturated rings. The van der Waals surface area contributed by atoms with Crippen molar-refractivity contribution in [1.29, 1.82) is 0 Å². The molecule has 0 aliphatic heterocycles. The van der Waals surface area contributed by atoms with E-state index in [9.17, 15) is 79.0 Å². The zero-order chi connectivity index (χ0) is 39.5. The summed E-state index contributed by atoms with van der Waals surface area (Å²) in [5.74, 6) is 0. The van der Waals surface area contributed by atoms with E-state index in [1.54, 1.807) is 14.2 Å². The second-order valence-electron chi connectivity index (χ2n) is 8.65. The summed E-state index contributed by atoms with van der Waals surface area (Å²) in [6.45, 7) is 2.62. The molecule has 0 saturated heterocycles. The van der Waals surface area contributed by atoms with Crippen molar-refractivity contribution in [2.75, 3.05) is 40.6 Å². The standard InChI is InChI=1S/C6H14O3.3C5H6F6O2.Ce/c1-7-3-5-9-6-4-8-2;3*6-4(7,8)2(12)1-3(13)5(9,10)11;/h3-6H2,1-2H3;3*2-3,12-13H,1H2;. The van der Waals surface area contributed by atoms with Crippen molar-refractivity contribution in [1.82, 2.24) is 0 Å². The molecule has 9 nitrogen and oxygen atoms in total. The maximum absolute atomic E-state index is 11.5. The van der Waals surface area contributed by atoms with Crippen molar-refractivity contribution in [2.24, 2.45) is 0 Å². The third-order valence-electron chi connectivity index (χ3n) is 4.47. The SMILES string of the molecule is COCCOCCOC.OC(CC(O)C(F)(F)F)C(F)(F)F.OC(CC(O)C(F)(F)F)C(F)(F)F.OC(CC(O)C(F)(F)F)C(F)(F)F.[Ce]. The summed E-state index contributed by atoms with van der Waals surface area (Å²) in [7, 11) is 3.30. The number of aliphatic hydroxyl groups is 6. The fraction of sp³-hybridized carbons (Fsp3) is 1.00. The van der Waals surface area contributed by atoms with Crippen LogP contribution in [0.1, 0.15) is 19.3 Å². The number of alkyl halides is 18. The van der Waals surface area contributed by atoms with Crippen LogP contribution in [0.2, 0.25) is 0 Å². The molecule has 49 heavy (non-hydrogen) atoms. The van der Waals surface area contributed by atoms with Crippen molar-refractivity contribution in [3.8, 4) is 0 Å². The van der Waals surface area contributed by atoms with Crippen LogP contribution in [0.3, 0.4) is 0 Å². The fourth-order valence-corrected chi connectivity index (χ4v) is 1.82. The predicted molar refractivity (Wildman–Crippen MR) is 121 cm³/mol. The number of aliphatic hydroxyl groups excluding tert-OH is 6. The van der Waals surface area contributed by atoms with Crippen molar-refractivity contribution < 1.29 is 166 Å². The van der Waals surface area contributed by atoms with Gasteiger partial charge in [-0.3, -0.25) is 0 Å². The molecule has 0 radical (unpaired) electrons. The molecule has 6 unspecified atom stereocenters. The van der Waals surface area contributed by atoms with Crippen LogP contribution in [0.25, 0.3) is 0 Å². The smallest absolute Gasteiger partial charge is 0.384 e. The number of ether oxygens (including phenoxy) is 3. The topological polar surface area (TPSA) is 149 Å². The number of rotatable bonds is 12. The van der Waals surface area contributed by atoms with E-state index in [1.807, 2.05) is 0 Å². The first kappa shape index (κ1) is 58.1. The van der Waals surface area contributed by atoms with Gasteiger partial charge >= 0.3 is 37.1 Å². The van der Waals surface area contributed by atoms with Crippen molar-refractivity contribution in [3.63, 3.8) is 0 Å². The Morgan fingerprint density at radius 3 is 0.592 bits per heavy atom. The molecule has 0 aromatic carbocycles. The van der Waals surface area contributed by atoms with Crippen LogP contribution in [-0.4, -0.2) is 145 Å². The van der Waals surface area contributed by atoms with Gasteiger partial charge in [0, 0.05) is 75.2 Å². The summed E-state index contributed by atoms with van der Waals surface area (Å²) >= 11 is 0. The van der Waals surface area contributed by atoms with Crippen LogP contribution in [0.4, 0.5) is 79.0 Å². The molecule has 0 rings (SSSR count). The largest absolute Gasteiger partial charge is 0.414 e. The average molecular weight is 911 g/mol. The second-order valence-corrected chi connectivity index (χ2v) is 8.65. The quantitative estimate of drug-likeness (QED) is 0.127. The maximum atomic E-state index is 11.5. The van der Waals surface area contributed by atoms with Gasteiger partial charge in [0.15, 0.2) is 36.6 Å². The Balaban J connectivity index is -0.000000176. The molecule has 0 saturated carbocycles. The first-order valence-corrected chi connectivity index (χ1v) is 12.1. The minimum absolute atomic E-state index is 0. The van der Waals surface area contributed by atoms with Crippen LogP contribution in [-0.2, 0) is 14.2 Å². The summed E-state index contributed by atoms with van der Waals surface area (Å²) < 4.78 is 221. The Kier molecular flexibility index (Phi) is 30.4. The van der Waals surface area contributed by atoms with Crippen molar-refractivity contribution in [3.05, 3.63) is 0 Å². The minimum Gasteiger partial charge on any atom is -0.384 e. The second kappa shape index (κ2) is 25.7. The van der Waals surface area contributed by atoms with E-state index in [0.717, 1.165) is 0 Å². The van der Waals surface area contributed by atoms with Gasteiger partial charge in [0.25, 0.3) is 0 Å². The van der Waals surface area contributed by atoms with E-state index in [1.165, 1.54) is 0 Å². The van der Waals surface area contributed by atoms with Crippen molar-refractivity contribution in [2.45, 2.75) is 92.9 Å². The maximum Gasteiger partial charge on any atom is 0.414 e. The normalized spacial score (nSPS) is 16.5. The third kappa shape index (κ3) is 34.6. The molecule has 0 bridgehead atoms. The van der Waals surface area contributed by atoms with E-state index in [2.05, 4.69) is 0 Å². The first-order chi connectivity index (χ1) is 21.1. The summed E-state index contributed by atoms with van der Waals surface area (Å²) in [4.78, 5) is 0. The van der Waals surface area contributed by atoms with Gasteiger partial charge in [-0.15, -0.1) is 0 Å². The molecule has 6 N–H and O–H groups in total. The van der Waals surface area contributed by atoms with E-state index in [0.29, 0.717) is 26.4 Å². The van der Waals surface area contributed by atoms with E-state index < -0.39 is 92.9 Å². The monoisotopic (exact) mass is 910 g/mol. The van der Waals surface area contributed by atoms with Gasteiger partial charge in [-0.05, 0) is 0 Å². The van der Waals surface area contributed by atoms with Crippen molar-refractivity contribution >= 4 is 0 Å². The van der Waals surface area contributed by atoms with E-state index in [4.69, 9.17) is 44.8 Å². The zero-order valence-electron chi connectivity index (χ0n) is 24.6. The Morgan fingerprint density at radius 2 is 0.490 bits per heavy atom. The molecule has 6 atom stereocenters. The number of hydrogen-bond donors (Lipinski definition) is 6. The molecule has 0 amide bonds. The number of hydrogen-bond acceptors (Lipinski definition) is 9. The predicted octanol–water partition coefficient (Wildman–Crippen LogP) is 3.96. The molecular weight excluding hydrogens is 878 g/mol. The number of methoxy groups -OCH3 is 2. The van der Waals surface area contributed by atoms with Gasteiger partial charge in [0.2, 0.25) is 0 Å². The molecule has 300 valence electrons. The van der Waals surface area contributed by atoms with Gasteiger partial charge in [-0.1, -0.05) is 0 Å². The molecule has 0 aromatic rings. The Bertz CT molecular complexity index is 640. The first-order valence-electron chi connectivity index (χ1n) is 12.1. The molecule has 0 aromatic heterocycles. The Morgan fingerprint density at radius 1 is 0.347 bits per heavy atom.